The molecule has 0 unspecified atom stereocenters. The number of carbonyl (C=O) groups is 2. The van der Waals surface area contributed by atoms with Gasteiger partial charge in [0, 0.05) is 58.2 Å². The number of hydrogen-bond acceptors (Lipinski definition) is 9. The highest BCUT2D eigenvalue weighted by molar-refractivity contribution is 7.13. The van der Waals surface area contributed by atoms with Gasteiger partial charge in [-0.15, -0.1) is 23.7 Å². The smallest absolute Gasteiger partial charge is 0.276 e. The minimum absolute atomic E-state index is 0. The molecule has 3 aromatic rings. The molecule has 10 nitrogen and oxygen atoms in total. The Hall–Kier alpha value is -2.76. The molecule has 0 bridgehead atoms. The number of rotatable bonds is 7. The third-order valence-electron chi connectivity index (χ3n) is 6.54. The SMILES string of the molecule is Cl.O=C(CCc1nc(CN2CCN(C(=O)c3cc(-c4cccs4)on3)CC2)no1)N1CCCCCC1. The van der Waals surface area contributed by atoms with E-state index in [0.29, 0.717) is 68.7 Å². The van der Waals surface area contributed by atoms with Gasteiger partial charge in [0.1, 0.15) is 0 Å². The first-order valence-corrected chi connectivity index (χ1v) is 13.1. The number of halogens is 1. The molecular weight excluding hydrogens is 504 g/mol. The van der Waals surface area contributed by atoms with Crippen molar-refractivity contribution in [1.29, 1.82) is 0 Å². The Bertz CT molecular complexity index is 1120. The zero-order chi connectivity index (χ0) is 24.0. The molecule has 0 atom stereocenters. The largest absolute Gasteiger partial charge is 0.355 e. The van der Waals surface area contributed by atoms with Crippen molar-refractivity contribution in [2.45, 2.75) is 45.1 Å². The van der Waals surface area contributed by atoms with E-state index in [1.807, 2.05) is 22.4 Å². The van der Waals surface area contributed by atoms with Crippen LogP contribution in [0.15, 0.2) is 32.6 Å². The van der Waals surface area contributed by atoms with E-state index in [9.17, 15) is 9.59 Å². The Morgan fingerprint density at radius 3 is 2.44 bits per heavy atom. The molecule has 5 rings (SSSR count). The predicted molar refractivity (Wildman–Crippen MR) is 136 cm³/mol. The van der Waals surface area contributed by atoms with Crippen LogP contribution in [-0.2, 0) is 17.8 Å². The molecule has 2 saturated heterocycles. The number of likely N-dealkylation sites (tertiary alicyclic amines) is 1. The minimum atomic E-state index is -0.118. The van der Waals surface area contributed by atoms with E-state index in [4.69, 9.17) is 9.05 Å². The van der Waals surface area contributed by atoms with Crippen molar-refractivity contribution >= 4 is 35.6 Å². The summed E-state index contributed by atoms with van der Waals surface area (Å²) in [6, 6.07) is 5.58. The van der Waals surface area contributed by atoms with Gasteiger partial charge in [0.05, 0.1) is 11.4 Å². The van der Waals surface area contributed by atoms with Crippen LogP contribution in [0.5, 0.6) is 0 Å². The molecule has 0 radical (unpaired) electrons. The summed E-state index contributed by atoms with van der Waals surface area (Å²) in [5, 5.41) is 10.0. The van der Waals surface area contributed by atoms with Gasteiger partial charge >= 0.3 is 0 Å². The van der Waals surface area contributed by atoms with Crippen molar-refractivity contribution in [1.82, 2.24) is 30.0 Å². The summed E-state index contributed by atoms with van der Waals surface area (Å²) in [6.45, 7) is 4.86. The Morgan fingerprint density at radius 2 is 1.72 bits per heavy atom. The summed E-state index contributed by atoms with van der Waals surface area (Å²) < 4.78 is 10.7. The van der Waals surface area contributed by atoms with E-state index in [-0.39, 0.29) is 24.2 Å². The van der Waals surface area contributed by atoms with Crippen LogP contribution >= 0.6 is 23.7 Å². The Labute approximate surface area is 220 Å². The number of aryl methyl sites for hydroxylation is 1. The molecule has 3 aromatic heterocycles. The topological polar surface area (TPSA) is 109 Å². The van der Waals surface area contributed by atoms with Crippen molar-refractivity contribution in [2.24, 2.45) is 0 Å². The van der Waals surface area contributed by atoms with E-state index in [1.54, 1.807) is 22.3 Å². The third kappa shape index (κ3) is 6.51. The van der Waals surface area contributed by atoms with Gasteiger partial charge in [0.25, 0.3) is 5.91 Å². The lowest BCUT2D eigenvalue weighted by atomic mass is 10.2. The molecule has 2 amide bonds. The maximum atomic E-state index is 12.8. The van der Waals surface area contributed by atoms with Crippen molar-refractivity contribution in [3.8, 4) is 10.6 Å². The standard InChI is InChI=1S/C24H30N6O4S.ClH/c31-23(29-9-3-1-2-4-10-29)8-7-22-25-21(27-34-22)17-28-11-13-30(14-12-28)24(32)18-16-19(33-26-18)20-6-5-15-35-20;/h5-6,15-16H,1-4,7-14,17H2;1H. The lowest BCUT2D eigenvalue weighted by molar-refractivity contribution is -0.131. The third-order valence-corrected chi connectivity index (χ3v) is 7.42. The minimum Gasteiger partial charge on any atom is -0.355 e. The number of amides is 2. The van der Waals surface area contributed by atoms with E-state index in [1.165, 1.54) is 12.8 Å². The number of aromatic nitrogens is 3. The van der Waals surface area contributed by atoms with Gasteiger partial charge in [-0.2, -0.15) is 4.98 Å². The second-order valence-electron chi connectivity index (χ2n) is 9.02. The highest BCUT2D eigenvalue weighted by Crippen LogP contribution is 2.25. The van der Waals surface area contributed by atoms with Crippen molar-refractivity contribution in [3.63, 3.8) is 0 Å². The molecule has 0 saturated carbocycles. The molecule has 2 aliphatic heterocycles. The molecule has 0 N–H and O–H groups in total. The van der Waals surface area contributed by atoms with Crippen LogP contribution in [-0.4, -0.2) is 81.1 Å². The van der Waals surface area contributed by atoms with Crippen LogP contribution in [0.25, 0.3) is 10.6 Å². The monoisotopic (exact) mass is 534 g/mol. The fraction of sp³-hybridized carbons (Fsp3) is 0.542. The first-order chi connectivity index (χ1) is 17.2. The molecule has 12 heteroatoms. The average Bonchev–Trinajstić information content (AvgIpc) is 3.62. The number of carbonyl (C=O) groups excluding carboxylic acids is 2. The summed E-state index contributed by atoms with van der Waals surface area (Å²) in [5.41, 5.74) is 0.333. The first kappa shape index (κ1) is 26.3. The average molecular weight is 535 g/mol. The van der Waals surface area contributed by atoms with Crippen LogP contribution < -0.4 is 0 Å². The predicted octanol–water partition coefficient (Wildman–Crippen LogP) is 3.50. The molecule has 0 aliphatic carbocycles. The lowest BCUT2D eigenvalue weighted by Gasteiger charge is -2.33. The van der Waals surface area contributed by atoms with Crippen LogP contribution in [0.1, 0.15) is 54.3 Å². The maximum Gasteiger partial charge on any atom is 0.276 e. The van der Waals surface area contributed by atoms with Crippen molar-refractivity contribution in [3.05, 3.63) is 41.0 Å². The summed E-state index contributed by atoms with van der Waals surface area (Å²) in [7, 11) is 0. The van der Waals surface area contributed by atoms with Crippen molar-refractivity contribution < 1.29 is 18.6 Å². The van der Waals surface area contributed by atoms with Gasteiger partial charge in [-0.25, -0.2) is 0 Å². The number of hydrogen-bond donors (Lipinski definition) is 0. The first-order valence-electron chi connectivity index (χ1n) is 12.3. The van der Waals surface area contributed by atoms with Crippen LogP contribution in [0.4, 0.5) is 0 Å². The molecule has 2 fully saturated rings. The second kappa shape index (κ2) is 12.5. The Balaban J connectivity index is 0.00000304. The van der Waals surface area contributed by atoms with Gasteiger partial charge in [0.2, 0.25) is 11.8 Å². The summed E-state index contributed by atoms with van der Waals surface area (Å²) in [4.78, 5) is 36.7. The van der Waals surface area contributed by atoms with Gasteiger partial charge in [0.15, 0.2) is 17.3 Å². The maximum absolute atomic E-state index is 12.8. The van der Waals surface area contributed by atoms with Gasteiger partial charge in [-0.05, 0) is 24.3 Å². The fourth-order valence-electron chi connectivity index (χ4n) is 4.53. The molecule has 0 aromatic carbocycles. The quantitative estimate of drug-likeness (QED) is 0.453. The zero-order valence-corrected chi connectivity index (χ0v) is 21.8. The number of nitrogens with zero attached hydrogens (tertiary/aromatic N) is 6. The highest BCUT2D eigenvalue weighted by atomic mass is 35.5. The highest BCUT2D eigenvalue weighted by Gasteiger charge is 2.26. The van der Waals surface area contributed by atoms with E-state index in [0.717, 1.165) is 30.8 Å². The van der Waals surface area contributed by atoms with Gasteiger partial charge in [-0.3, -0.25) is 14.5 Å². The Morgan fingerprint density at radius 1 is 0.944 bits per heavy atom. The Kier molecular flexibility index (Phi) is 9.11. The molecular formula is C24H31ClN6O4S. The fourth-order valence-corrected chi connectivity index (χ4v) is 5.20. The normalized spacial score (nSPS) is 17.0. The van der Waals surface area contributed by atoms with Crippen LogP contribution in [0, 0.1) is 0 Å². The van der Waals surface area contributed by atoms with Crippen LogP contribution in [0.2, 0.25) is 0 Å². The second-order valence-corrected chi connectivity index (χ2v) is 9.97. The van der Waals surface area contributed by atoms with Gasteiger partial charge < -0.3 is 18.8 Å². The molecule has 194 valence electrons. The van der Waals surface area contributed by atoms with Crippen LogP contribution in [0.3, 0.4) is 0 Å². The molecule has 36 heavy (non-hydrogen) atoms. The zero-order valence-electron chi connectivity index (χ0n) is 20.1. The number of piperazine rings is 1. The summed E-state index contributed by atoms with van der Waals surface area (Å²) in [5.74, 6) is 1.78. The number of thiophene rings is 1. The van der Waals surface area contributed by atoms with E-state index >= 15 is 0 Å². The lowest BCUT2D eigenvalue weighted by Crippen LogP contribution is -2.48. The summed E-state index contributed by atoms with van der Waals surface area (Å²) >= 11 is 1.55. The summed E-state index contributed by atoms with van der Waals surface area (Å²) in [6.07, 6.45) is 5.45. The molecule has 0 spiro atoms. The molecule has 5 heterocycles. The van der Waals surface area contributed by atoms with E-state index < -0.39 is 0 Å². The van der Waals surface area contributed by atoms with Gasteiger partial charge in [-0.1, -0.05) is 29.2 Å². The van der Waals surface area contributed by atoms with Crippen molar-refractivity contribution in [2.75, 3.05) is 39.3 Å². The molecule has 2 aliphatic rings. The van der Waals surface area contributed by atoms with E-state index in [2.05, 4.69) is 20.2 Å².